The van der Waals surface area contributed by atoms with Crippen LogP contribution in [0.25, 0.3) is 0 Å². The zero-order chi connectivity index (χ0) is 31.6. The summed E-state index contributed by atoms with van der Waals surface area (Å²) in [6.07, 6.45) is -1.70. The van der Waals surface area contributed by atoms with Crippen LogP contribution in [0.2, 0.25) is 0 Å². The zero-order valence-electron chi connectivity index (χ0n) is 24.0. The van der Waals surface area contributed by atoms with E-state index < -0.39 is 17.3 Å². The number of halogens is 3. The number of rotatable bonds is 7. The number of ether oxygens (including phenoxy) is 1. The summed E-state index contributed by atoms with van der Waals surface area (Å²) in [5, 5.41) is 14.4. The summed E-state index contributed by atoms with van der Waals surface area (Å²) >= 11 is 0. The van der Waals surface area contributed by atoms with Gasteiger partial charge in [-0.1, -0.05) is 18.2 Å². The third kappa shape index (κ3) is 6.31. The molecule has 1 saturated heterocycles. The van der Waals surface area contributed by atoms with Crippen molar-refractivity contribution < 1.29 is 22.7 Å². The summed E-state index contributed by atoms with van der Waals surface area (Å²) in [6.45, 7) is 3.14. The number of nitrogens with zero attached hydrogens (tertiary/aromatic N) is 6. The van der Waals surface area contributed by atoms with Crippen LogP contribution in [0.4, 0.5) is 24.7 Å². The molecule has 4 aromatic rings. The molecule has 0 spiro atoms. The molecule has 0 unspecified atom stereocenters. The summed E-state index contributed by atoms with van der Waals surface area (Å²) < 4.78 is 46.8. The molecule has 10 nitrogen and oxygen atoms in total. The van der Waals surface area contributed by atoms with Crippen LogP contribution in [-0.4, -0.2) is 58.8 Å². The molecule has 0 atom stereocenters. The molecule has 0 bridgehead atoms. The molecule has 1 fully saturated rings. The minimum absolute atomic E-state index is 0.0670. The van der Waals surface area contributed by atoms with E-state index in [-0.39, 0.29) is 24.7 Å². The summed E-state index contributed by atoms with van der Waals surface area (Å²) in [7, 11) is 0. The normalized spacial score (nSPS) is 14.7. The lowest BCUT2D eigenvalue weighted by Gasteiger charge is -2.35. The molecule has 6 rings (SSSR count). The van der Waals surface area contributed by atoms with E-state index in [0.29, 0.717) is 56.1 Å². The molecule has 0 aliphatic carbocycles. The Bertz CT molecular complexity index is 1790. The highest BCUT2D eigenvalue weighted by atomic mass is 19.4. The van der Waals surface area contributed by atoms with Crippen molar-refractivity contribution in [3.05, 3.63) is 111 Å². The molecule has 45 heavy (non-hydrogen) atoms. The highest BCUT2D eigenvalue weighted by Gasteiger charge is 2.39. The number of anilines is 2. The number of piperazine rings is 1. The molecule has 2 aliphatic rings. The van der Waals surface area contributed by atoms with Gasteiger partial charge < -0.3 is 19.4 Å². The van der Waals surface area contributed by atoms with E-state index in [1.165, 1.54) is 4.90 Å². The van der Waals surface area contributed by atoms with Crippen LogP contribution < -0.4 is 20.1 Å². The Balaban J connectivity index is 1.03. The van der Waals surface area contributed by atoms with E-state index in [1.807, 2.05) is 29.4 Å². The summed E-state index contributed by atoms with van der Waals surface area (Å²) in [6, 6.07) is 18.2. The summed E-state index contributed by atoms with van der Waals surface area (Å²) in [4.78, 5) is 34.8. The van der Waals surface area contributed by atoms with Crippen LogP contribution in [0.15, 0.2) is 71.8 Å². The molecule has 2 aromatic heterocycles. The van der Waals surface area contributed by atoms with Gasteiger partial charge in [-0.15, -0.1) is 0 Å². The Labute approximate surface area is 256 Å². The third-order valence-corrected chi connectivity index (χ3v) is 8.05. The number of hydrogen-bond donors (Lipinski definition) is 1. The van der Waals surface area contributed by atoms with Gasteiger partial charge in [-0.05, 0) is 53.1 Å². The van der Waals surface area contributed by atoms with Crippen molar-refractivity contribution in [2.45, 2.75) is 25.7 Å². The van der Waals surface area contributed by atoms with Crippen molar-refractivity contribution >= 4 is 17.4 Å². The molecule has 0 radical (unpaired) electrons. The Morgan fingerprint density at radius 2 is 1.76 bits per heavy atom. The second kappa shape index (κ2) is 12.3. The van der Waals surface area contributed by atoms with Crippen LogP contribution in [0.1, 0.15) is 38.2 Å². The number of benzene rings is 2. The first-order valence-electron chi connectivity index (χ1n) is 14.3. The van der Waals surface area contributed by atoms with Crippen LogP contribution in [-0.2, 0) is 25.7 Å². The number of pyridine rings is 1. The van der Waals surface area contributed by atoms with Crippen molar-refractivity contribution in [2.75, 3.05) is 42.6 Å². The predicted molar refractivity (Wildman–Crippen MR) is 159 cm³/mol. The van der Waals surface area contributed by atoms with Crippen LogP contribution >= 0.6 is 0 Å². The van der Waals surface area contributed by atoms with Gasteiger partial charge in [0.2, 0.25) is 0 Å². The number of nitriles is 1. The van der Waals surface area contributed by atoms with Crippen LogP contribution in [0.3, 0.4) is 0 Å². The maximum absolute atomic E-state index is 13.6. The number of amides is 1. The first-order chi connectivity index (χ1) is 21.7. The Kier molecular flexibility index (Phi) is 8.12. The van der Waals surface area contributed by atoms with E-state index in [2.05, 4.69) is 21.1 Å². The van der Waals surface area contributed by atoms with Gasteiger partial charge in [0.05, 0.1) is 24.1 Å². The van der Waals surface area contributed by atoms with E-state index in [4.69, 9.17) is 10.00 Å². The minimum Gasteiger partial charge on any atom is -0.493 e. The maximum atomic E-state index is 13.6. The van der Waals surface area contributed by atoms with Crippen LogP contribution in [0.5, 0.6) is 5.75 Å². The molecule has 2 aromatic carbocycles. The molecule has 1 amide bonds. The highest BCUT2D eigenvalue weighted by Crippen LogP contribution is 2.37. The van der Waals surface area contributed by atoms with Crippen molar-refractivity contribution in [1.82, 2.24) is 20.1 Å². The Morgan fingerprint density at radius 1 is 0.978 bits per heavy atom. The van der Waals surface area contributed by atoms with Crippen LogP contribution in [0, 0.1) is 11.3 Å². The number of carbonyl (C=O) groups excluding carboxylic acids is 1. The van der Waals surface area contributed by atoms with Crippen molar-refractivity contribution in [3.63, 3.8) is 0 Å². The number of hydrogen-bond acceptors (Lipinski definition) is 8. The lowest BCUT2D eigenvalue weighted by atomic mass is 10.0. The van der Waals surface area contributed by atoms with Crippen molar-refractivity contribution in [2.24, 2.45) is 0 Å². The first kappa shape index (κ1) is 29.7. The monoisotopic (exact) mass is 615 g/mol. The van der Waals surface area contributed by atoms with Gasteiger partial charge in [0.15, 0.2) is 0 Å². The average Bonchev–Trinajstić information content (AvgIpc) is 3.50. The second-order valence-electron chi connectivity index (χ2n) is 10.8. The van der Waals surface area contributed by atoms with E-state index in [9.17, 15) is 22.8 Å². The quantitative estimate of drug-likeness (QED) is 0.330. The average molecular weight is 616 g/mol. The third-order valence-electron chi connectivity index (χ3n) is 8.05. The Hall–Kier alpha value is -5.38. The molecule has 13 heteroatoms. The lowest BCUT2D eigenvalue weighted by Crippen LogP contribution is -2.49. The molecule has 230 valence electrons. The van der Waals surface area contributed by atoms with Gasteiger partial charge in [-0.25, -0.2) is 10.1 Å². The fraction of sp³-hybridized carbons (Fsp3) is 0.281. The number of alkyl halides is 3. The number of H-pyrrole nitrogens is 1. The van der Waals surface area contributed by atoms with E-state index in [0.717, 1.165) is 28.7 Å². The number of carbonyl (C=O) groups is 1. The topological polar surface area (TPSA) is 118 Å². The fourth-order valence-electron chi connectivity index (χ4n) is 5.73. The number of nitrogens with one attached hydrogen (secondary N) is 1. The standard InChI is InChI=1S/C32H28F3N7O3/c33-32(34,35)29-27(18-38-39-30(29)43)42-19-24-3-1-2-22(26(24)20-42)10-15-45-25-7-5-23(6-8-25)31(44)41-13-11-40(12-14-41)28-9-4-21(16-36)17-37-28/h1-9,17-18H,10-15,19-20H2,(H,39,43). The minimum atomic E-state index is -4.81. The van der Waals surface area contributed by atoms with Gasteiger partial charge in [0.1, 0.15) is 23.2 Å². The van der Waals surface area contributed by atoms with Gasteiger partial charge in [0.25, 0.3) is 11.5 Å². The first-order valence-corrected chi connectivity index (χ1v) is 14.3. The molecule has 2 aliphatic heterocycles. The number of aromatic amines is 1. The fourth-order valence-corrected chi connectivity index (χ4v) is 5.73. The van der Waals surface area contributed by atoms with E-state index in [1.54, 1.807) is 41.4 Å². The van der Waals surface area contributed by atoms with Gasteiger partial charge >= 0.3 is 6.18 Å². The lowest BCUT2D eigenvalue weighted by molar-refractivity contribution is -0.138. The molecule has 4 heterocycles. The number of fused-ring (bicyclic) bond motifs is 1. The SMILES string of the molecule is N#Cc1ccc(N2CCN(C(=O)c3ccc(OCCc4cccc5c4CN(c4cn[nH]c(=O)c4C(F)(F)F)C5)cc3)CC2)nc1. The predicted octanol–water partition coefficient (Wildman–Crippen LogP) is 4.16. The smallest absolute Gasteiger partial charge is 0.423 e. The molecule has 1 N–H and O–H groups in total. The van der Waals surface area contributed by atoms with Gasteiger partial charge in [-0.3, -0.25) is 9.59 Å². The highest BCUT2D eigenvalue weighted by molar-refractivity contribution is 5.94. The summed E-state index contributed by atoms with van der Waals surface area (Å²) in [5.41, 5.74) is 1.04. The van der Waals surface area contributed by atoms with Crippen molar-refractivity contribution in [1.29, 1.82) is 5.26 Å². The zero-order valence-corrected chi connectivity index (χ0v) is 24.0. The maximum Gasteiger partial charge on any atom is 0.423 e. The van der Waals surface area contributed by atoms with Gasteiger partial charge in [0, 0.05) is 57.4 Å². The molecule has 0 saturated carbocycles. The van der Waals surface area contributed by atoms with Gasteiger partial charge in [-0.2, -0.15) is 23.5 Å². The van der Waals surface area contributed by atoms with E-state index >= 15 is 0 Å². The Morgan fingerprint density at radius 3 is 2.44 bits per heavy atom. The molecular weight excluding hydrogens is 587 g/mol. The largest absolute Gasteiger partial charge is 0.493 e. The molecular formula is C32H28F3N7O3. The van der Waals surface area contributed by atoms with Crippen molar-refractivity contribution in [3.8, 4) is 11.8 Å². The second-order valence-corrected chi connectivity index (χ2v) is 10.8. The summed E-state index contributed by atoms with van der Waals surface area (Å²) in [5.74, 6) is 1.31. The number of aromatic nitrogens is 3.